The summed E-state index contributed by atoms with van der Waals surface area (Å²) >= 11 is 0. The summed E-state index contributed by atoms with van der Waals surface area (Å²) in [7, 11) is 4.06. The first-order valence-electron chi connectivity index (χ1n) is 8.62. The average Bonchev–Trinajstić information content (AvgIpc) is 3.02. The third kappa shape index (κ3) is 3.85. The van der Waals surface area contributed by atoms with Gasteiger partial charge in [0.2, 0.25) is 6.29 Å². The van der Waals surface area contributed by atoms with Crippen LogP contribution >= 0.6 is 0 Å². The summed E-state index contributed by atoms with van der Waals surface area (Å²) in [6, 6.07) is 5.48. The van der Waals surface area contributed by atoms with Gasteiger partial charge in [0.05, 0.1) is 6.61 Å². The first kappa shape index (κ1) is 19.1. The second-order valence-electron chi connectivity index (χ2n) is 6.89. The van der Waals surface area contributed by atoms with E-state index in [1.165, 1.54) is 5.56 Å². The molecule has 8 heteroatoms. The lowest BCUT2D eigenvalue weighted by Gasteiger charge is -2.39. The maximum absolute atomic E-state index is 10.1. The molecule has 3 rings (SSSR count). The summed E-state index contributed by atoms with van der Waals surface area (Å²) in [5, 5.41) is 40.1. The lowest BCUT2D eigenvalue weighted by Crippen LogP contribution is -2.60. The van der Waals surface area contributed by atoms with Crippen molar-refractivity contribution in [2.75, 3.05) is 27.2 Å². The number of aliphatic hydroxyl groups is 4. The van der Waals surface area contributed by atoms with E-state index in [-0.39, 0.29) is 0 Å². The molecule has 0 bridgehead atoms. The molecule has 5 atom stereocenters. The van der Waals surface area contributed by atoms with Crippen LogP contribution < -0.4 is 4.74 Å². The van der Waals surface area contributed by atoms with E-state index >= 15 is 0 Å². The number of likely N-dealkylation sites (N-methyl/N-ethyl adjacent to an activating group) is 1. The molecule has 0 spiro atoms. The van der Waals surface area contributed by atoms with E-state index < -0.39 is 37.3 Å². The minimum atomic E-state index is -1.46. The van der Waals surface area contributed by atoms with E-state index in [1.54, 1.807) is 12.1 Å². The minimum Gasteiger partial charge on any atom is -0.462 e. The molecule has 0 amide bonds. The van der Waals surface area contributed by atoms with E-state index in [9.17, 15) is 20.4 Å². The smallest absolute Gasteiger partial charge is 0.229 e. The van der Waals surface area contributed by atoms with Gasteiger partial charge in [0.1, 0.15) is 30.2 Å². The van der Waals surface area contributed by atoms with Crippen LogP contribution in [-0.2, 0) is 11.2 Å². The Morgan fingerprint density at radius 3 is 2.62 bits per heavy atom. The summed E-state index contributed by atoms with van der Waals surface area (Å²) in [5.74, 6) is 0.447. The first-order chi connectivity index (χ1) is 12.4. The maximum atomic E-state index is 10.1. The number of benzene rings is 1. The Morgan fingerprint density at radius 2 is 1.92 bits per heavy atom. The van der Waals surface area contributed by atoms with Gasteiger partial charge in [-0.1, -0.05) is 0 Å². The summed E-state index contributed by atoms with van der Waals surface area (Å²) in [4.78, 5) is 5.33. The molecular formula is C18H26N2O6. The molecule has 0 saturated carbocycles. The Labute approximate surface area is 151 Å². The molecule has 0 aliphatic carbocycles. The van der Waals surface area contributed by atoms with Gasteiger partial charge in [0.25, 0.3) is 0 Å². The molecule has 8 nitrogen and oxygen atoms in total. The van der Waals surface area contributed by atoms with Crippen molar-refractivity contribution in [3.05, 3.63) is 30.0 Å². The summed E-state index contributed by atoms with van der Waals surface area (Å²) in [6.07, 6.45) is -3.59. The molecule has 144 valence electrons. The molecule has 5 unspecified atom stereocenters. The van der Waals surface area contributed by atoms with E-state index in [2.05, 4.69) is 9.88 Å². The number of hydrogen-bond donors (Lipinski definition) is 5. The van der Waals surface area contributed by atoms with E-state index in [4.69, 9.17) is 9.47 Å². The fourth-order valence-corrected chi connectivity index (χ4v) is 3.09. The number of aromatic nitrogens is 1. The van der Waals surface area contributed by atoms with Crippen LogP contribution in [0.15, 0.2) is 24.4 Å². The topological polar surface area (TPSA) is 118 Å². The number of hydrogen-bond acceptors (Lipinski definition) is 7. The van der Waals surface area contributed by atoms with Crippen LogP contribution in [0.25, 0.3) is 10.9 Å². The highest BCUT2D eigenvalue weighted by atomic mass is 16.7. The van der Waals surface area contributed by atoms with Crippen molar-refractivity contribution in [2.45, 2.75) is 37.1 Å². The molecule has 1 saturated heterocycles. The lowest BCUT2D eigenvalue weighted by atomic mass is 9.99. The van der Waals surface area contributed by atoms with Gasteiger partial charge in [-0.05, 0) is 38.2 Å². The lowest BCUT2D eigenvalue weighted by molar-refractivity contribution is -0.277. The minimum absolute atomic E-state index is 0.447. The van der Waals surface area contributed by atoms with Gasteiger partial charge in [-0.3, -0.25) is 0 Å². The van der Waals surface area contributed by atoms with Crippen LogP contribution in [0.1, 0.15) is 5.56 Å². The number of aliphatic hydroxyl groups excluding tert-OH is 4. The standard InChI is InChI=1S/C18H26N2O6/c1-20(2)6-5-10-8-19-13-7-11(3-4-12(10)13)25-18-17(24)16(23)15(22)14(9-21)26-18/h3-4,7-8,14-19,21-24H,5-6,9H2,1-2H3. The van der Waals surface area contributed by atoms with Crippen LogP contribution in [0.5, 0.6) is 5.75 Å². The van der Waals surface area contributed by atoms with Crippen molar-refractivity contribution in [3.63, 3.8) is 0 Å². The Balaban J connectivity index is 1.74. The van der Waals surface area contributed by atoms with Crippen LogP contribution in [-0.4, -0.2) is 88.3 Å². The molecular weight excluding hydrogens is 340 g/mol. The Bertz CT molecular complexity index is 732. The highest BCUT2D eigenvalue weighted by molar-refractivity contribution is 5.84. The number of fused-ring (bicyclic) bond motifs is 1. The zero-order valence-corrected chi connectivity index (χ0v) is 14.9. The predicted octanol–water partition coefficient (Wildman–Crippen LogP) is -0.549. The van der Waals surface area contributed by atoms with Gasteiger partial charge >= 0.3 is 0 Å². The SMILES string of the molecule is CN(C)CCc1c[nH]c2cc(OC3OC(CO)C(O)C(O)C3O)ccc12. The highest BCUT2D eigenvalue weighted by Gasteiger charge is 2.44. The third-order valence-electron chi connectivity index (χ3n) is 4.67. The van der Waals surface area contributed by atoms with E-state index in [0.717, 1.165) is 23.9 Å². The normalized spacial score (nSPS) is 29.4. The monoisotopic (exact) mass is 366 g/mol. The summed E-state index contributed by atoms with van der Waals surface area (Å²) < 4.78 is 11.0. The van der Waals surface area contributed by atoms with Crippen LogP contribution in [0.2, 0.25) is 0 Å². The number of aromatic amines is 1. The third-order valence-corrected chi connectivity index (χ3v) is 4.67. The van der Waals surface area contributed by atoms with Crippen LogP contribution in [0, 0.1) is 0 Å². The summed E-state index contributed by atoms with van der Waals surface area (Å²) in [6.45, 7) is 0.450. The Morgan fingerprint density at radius 1 is 1.15 bits per heavy atom. The predicted molar refractivity (Wildman–Crippen MR) is 95.0 cm³/mol. The van der Waals surface area contributed by atoms with Crippen molar-refractivity contribution in [3.8, 4) is 5.75 Å². The number of ether oxygens (including phenoxy) is 2. The molecule has 1 aromatic carbocycles. The summed E-state index contributed by atoms with van der Waals surface area (Å²) in [5.41, 5.74) is 2.09. The average molecular weight is 366 g/mol. The Hall–Kier alpha value is -1.68. The molecule has 1 aliphatic rings. The number of H-pyrrole nitrogens is 1. The van der Waals surface area contributed by atoms with Gasteiger partial charge in [-0.2, -0.15) is 0 Å². The molecule has 2 aromatic rings. The van der Waals surface area contributed by atoms with Crippen molar-refractivity contribution in [1.29, 1.82) is 0 Å². The van der Waals surface area contributed by atoms with Crippen LogP contribution in [0.4, 0.5) is 0 Å². The molecule has 1 aromatic heterocycles. The number of rotatable bonds is 6. The van der Waals surface area contributed by atoms with Crippen LogP contribution in [0.3, 0.4) is 0 Å². The van der Waals surface area contributed by atoms with Gasteiger partial charge in [0.15, 0.2) is 0 Å². The van der Waals surface area contributed by atoms with Gasteiger partial charge in [0, 0.05) is 29.7 Å². The van der Waals surface area contributed by atoms with Gasteiger partial charge in [-0.25, -0.2) is 0 Å². The van der Waals surface area contributed by atoms with Crippen molar-refractivity contribution < 1.29 is 29.9 Å². The fourth-order valence-electron chi connectivity index (χ4n) is 3.09. The fraction of sp³-hybridized carbons (Fsp3) is 0.556. The number of nitrogens with one attached hydrogen (secondary N) is 1. The zero-order chi connectivity index (χ0) is 18.8. The number of nitrogens with zero attached hydrogens (tertiary/aromatic N) is 1. The van der Waals surface area contributed by atoms with Gasteiger partial charge in [-0.15, -0.1) is 0 Å². The molecule has 1 fully saturated rings. The largest absolute Gasteiger partial charge is 0.462 e. The van der Waals surface area contributed by atoms with Crippen molar-refractivity contribution in [1.82, 2.24) is 9.88 Å². The van der Waals surface area contributed by atoms with Crippen molar-refractivity contribution >= 4 is 10.9 Å². The highest BCUT2D eigenvalue weighted by Crippen LogP contribution is 2.28. The van der Waals surface area contributed by atoms with E-state index in [0.29, 0.717) is 5.75 Å². The van der Waals surface area contributed by atoms with Crippen molar-refractivity contribution in [2.24, 2.45) is 0 Å². The second-order valence-corrected chi connectivity index (χ2v) is 6.89. The van der Waals surface area contributed by atoms with Gasteiger partial charge < -0.3 is 39.8 Å². The molecule has 2 heterocycles. The molecule has 1 aliphatic heterocycles. The van der Waals surface area contributed by atoms with E-state index in [1.807, 2.05) is 26.4 Å². The quantitative estimate of drug-likeness (QED) is 0.465. The maximum Gasteiger partial charge on any atom is 0.229 e. The Kier molecular flexibility index (Phi) is 5.81. The first-order valence-corrected chi connectivity index (χ1v) is 8.62. The second kappa shape index (κ2) is 7.91. The zero-order valence-electron chi connectivity index (χ0n) is 14.9. The molecule has 26 heavy (non-hydrogen) atoms. The molecule has 5 N–H and O–H groups in total. The molecule has 0 radical (unpaired) electrons.